The van der Waals surface area contributed by atoms with Gasteiger partial charge in [-0.2, -0.15) is 0 Å². The monoisotopic (exact) mass is 220 g/mol. The van der Waals surface area contributed by atoms with Crippen molar-refractivity contribution in [2.45, 2.75) is 19.4 Å². The quantitative estimate of drug-likeness (QED) is 0.859. The fraction of sp³-hybridized carbons (Fsp3) is 0.300. The Morgan fingerprint density at radius 2 is 2.33 bits per heavy atom. The van der Waals surface area contributed by atoms with E-state index >= 15 is 0 Å². The van der Waals surface area contributed by atoms with Gasteiger partial charge in [0, 0.05) is 18.0 Å². The second-order valence-corrected chi connectivity index (χ2v) is 4.21. The fourth-order valence-electron chi connectivity index (χ4n) is 1.16. The molecular formula is C10H12N4S. The summed E-state index contributed by atoms with van der Waals surface area (Å²) in [4.78, 5) is 4.04. The van der Waals surface area contributed by atoms with Gasteiger partial charge in [0.25, 0.3) is 0 Å². The highest BCUT2D eigenvalue weighted by Crippen LogP contribution is 2.25. The molecule has 2 heterocycles. The molecule has 2 aromatic heterocycles. The molecule has 2 N–H and O–H groups in total. The normalized spacial score (nSPS) is 12.7. The van der Waals surface area contributed by atoms with Gasteiger partial charge in [-0.1, -0.05) is 18.3 Å². The Morgan fingerprint density at radius 1 is 1.47 bits per heavy atom. The lowest BCUT2D eigenvalue weighted by atomic mass is 10.3. The molecule has 2 rings (SSSR count). The number of nitrogens with two attached hydrogens (primary N) is 1. The smallest absolute Gasteiger partial charge is 0.149 e. The molecule has 0 aliphatic carbocycles. The largest absolute Gasteiger partial charge is 0.322 e. The van der Waals surface area contributed by atoms with Crippen LogP contribution < -0.4 is 5.73 Å². The van der Waals surface area contributed by atoms with Crippen LogP contribution in [0.4, 0.5) is 0 Å². The predicted molar refractivity (Wildman–Crippen MR) is 60.4 cm³/mol. The number of hydrogen-bond donors (Lipinski definition) is 1. The number of nitrogens with zero attached hydrogens (tertiary/aromatic N) is 3. The highest BCUT2D eigenvalue weighted by molar-refractivity contribution is 7.14. The topological polar surface area (TPSA) is 64.7 Å². The lowest BCUT2D eigenvalue weighted by Crippen LogP contribution is -2.07. The third-order valence-corrected chi connectivity index (χ3v) is 3.21. The summed E-state index contributed by atoms with van der Waals surface area (Å²) in [6, 6.07) is 3.85. The average molecular weight is 220 g/mol. The van der Waals surface area contributed by atoms with Crippen molar-refractivity contribution in [2.24, 2.45) is 5.73 Å². The average Bonchev–Trinajstić information content (AvgIpc) is 2.78. The van der Waals surface area contributed by atoms with Crippen LogP contribution in [0.2, 0.25) is 0 Å². The van der Waals surface area contributed by atoms with Crippen molar-refractivity contribution in [3.05, 3.63) is 29.5 Å². The van der Waals surface area contributed by atoms with E-state index in [-0.39, 0.29) is 6.04 Å². The summed E-state index contributed by atoms with van der Waals surface area (Å²) >= 11 is 1.53. The summed E-state index contributed by atoms with van der Waals surface area (Å²) in [5.74, 6) is 0. The summed E-state index contributed by atoms with van der Waals surface area (Å²) in [7, 11) is 0. The van der Waals surface area contributed by atoms with Crippen LogP contribution in [0, 0.1) is 0 Å². The molecule has 0 saturated heterocycles. The van der Waals surface area contributed by atoms with Crippen molar-refractivity contribution in [1.82, 2.24) is 15.2 Å². The lowest BCUT2D eigenvalue weighted by Gasteiger charge is -2.00. The van der Waals surface area contributed by atoms with Crippen molar-refractivity contribution < 1.29 is 0 Å². The Balaban J connectivity index is 2.28. The molecule has 78 valence electrons. The highest BCUT2D eigenvalue weighted by Gasteiger charge is 2.11. The maximum Gasteiger partial charge on any atom is 0.149 e. The van der Waals surface area contributed by atoms with Gasteiger partial charge >= 0.3 is 0 Å². The number of pyridine rings is 1. The van der Waals surface area contributed by atoms with Gasteiger partial charge < -0.3 is 5.73 Å². The summed E-state index contributed by atoms with van der Waals surface area (Å²) in [6.07, 6.45) is 4.40. The van der Waals surface area contributed by atoms with Crippen molar-refractivity contribution in [3.8, 4) is 10.6 Å². The van der Waals surface area contributed by atoms with Crippen molar-refractivity contribution in [2.75, 3.05) is 0 Å². The molecule has 0 spiro atoms. The van der Waals surface area contributed by atoms with E-state index in [0.717, 1.165) is 22.0 Å². The first kappa shape index (κ1) is 10.2. The summed E-state index contributed by atoms with van der Waals surface area (Å²) in [5.41, 5.74) is 6.87. The van der Waals surface area contributed by atoms with Crippen molar-refractivity contribution in [3.63, 3.8) is 0 Å². The van der Waals surface area contributed by atoms with Crippen molar-refractivity contribution >= 4 is 11.3 Å². The third-order valence-electron chi connectivity index (χ3n) is 2.11. The van der Waals surface area contributed by atoms with E-state index in [2.05, 4.69) is 15.2 Å². The standard InChI is InChI=1S/C10H12N4S/c1-2-8(11)10-14-13-9(15-10)7-4-3-5-12-6-7/h3-6,8H,2,11H2,1H3. The first-order valence-corrected chi connectivity index (χ1v) is 5.62. The fourth-order valence-corrected chi connectivity index (χ4v) is 2.08. The molecular weight excluding hydrogens is 208 g/mol. The molecule has 0 fully saturated rings. The zero-order chi connectivity index (χ0) is 10.7. The van der Waals surface area contributed by atoms with Crippen LogP contribution in [-0.2, 0) is 0 Å². The van der Waals surface area contributed by atoms with Crippen LogP contribution in [0.5, 0.6) is 0 Å². The lowest BCUT2D eigenvalue weighted by molar-refractivity contribution is 0.683. The van der Waals surface area contributed by atoms with Gasteiger partial charge in [0.1, 0.15) is 10.0 Å². The molecule has 0 bridgehead atoms. The molecule has 15 heavy (non-hydrogen) atoms. The van der Waals surface area contributed by atoms with E-state index < -0.39 is 0 Å². The number of aromatic nitrogens is 3. The van der Waals surface area contributed by atoms with E-state index in [1.54, 1.807) is 12.4 Å². The summed E-state index contributed by atoms with van der Waals surface area (Å²) in [6.45, 7) is 2.04. The second-order valence-electron chi connectivity index (χ2n) is 3.20. The highest BCUT2D eigenvalue weighted by atomic mass is 32.1. The molecule has 0 aliphatic heterocycles. The molecule has 0 aliphatic rings. The van der Waals surface area contributed by atoms with E-state index in [4.69, 9.17) is 5.73 Å². The van der Waals surface area contributed by atoms with Crippen LogP contribution in [0.15, 0.2) is 24.5 Å². The van der Waals surface area contributed by atoms with E-state index in [0.29, 0.717) is 0 Å². The van der Waals surface area contributed by atoms with Gasteiger partial charge in [-0.05, 0) is 18.6 Å². The number of hydrogen-bond acceptors (Lipinski definition) is 5. The Bertz CT molecular complexity index is 426. The van der Waals surface area contributed by atoms with Gasteiger partial charge in [-0.15, -0.1) is 10.2 Å². The van der Waals surface area contributed by atoms with E-state index in [1.165, 1.54) is 11.3 Å². The van der Waals surface area contributed by atoms with Crippen LogP contribution in [0.1, 0.15) is 24.4 Å². The zero-order valence-corrected chi connectivity index (χ0v) is 9.24. The molecule has 4 nitrogen and oxygen atoms in total. The van der Waals surface area contributed by atoms with Gasteiger partial charge in [-0.25, -0.2) is 0 Å². The molecule has 1 unspecified atom stereocenters. The van der Waals surface area contributed by atoms with Crippen molar-refractivity contribution in [1.29, 1.82) is 0 Å². The van der Waals surface area contributed by atoms with Crippen LogP contribution in [0.25, 0.3) is 10.6 Å². The van der Waals surface area contributed by atoms with Crippen LogP contribution >= 0.6 is 11.3 Å². The molecule has 0 saturated carbocycles. The van der Waals surface area contributed by atoms with Gasteiger partial charge in [0.2, 0.25) is 0 Å². The minimum Gasteiger partial charge on any atom is -0.322 e. The van der Waals surface area contributed by atoms with E-state index in [1.807, 2.05) is 19.1 Å². The molecule has 0 radical (unpaired) electrons. The molecule has 5 heteroatoms. The summed E-state index contributed by atoms with van der Waals surface area (Å²) < 4.78 is 0. The molecule has 2 aromatic rings. The van der Waals surface area contributed by atoms with Crippen LogP contribution in [0.3, 0.4) is 0 Å². The Morgan fingerprint density at radius 3 is 3.00 bits per heavy atom. The van der Waals surface area contributed by atoms with Gasteiger partial charge in [0.05, 0.1) is 6.04 Å². The minimum absolute atomic E-state index is 0.00655. The third kappa shape index (κ3) is 2.19. The number of rotatable bonds is 3. The minimum atomic E-state index is -0.00655. The predicted octanol–water partition coefficient (Wildman–Crippen LogP) is 2.01. The van der Waals surface area contributed by atoms with Crippen LogP contribution in [-0.4, -0.2) is 15.2 Å². The van der Waals surface area contributed by atoms with Gasteiger partial charge in [-0.3, -0.25) is 4.98 Å². The second kappa shape index (κ2) is 4.46. The van der Waals surface area contributed by atoms with Gasteiger partial charge in [0.15, 0.2) is 0 Å². The zero-order valence-electron chi connectivity index (χ0n) is 8.42. The maximum atomic E-state index is 5.88. The first-order chi connectivity index (χ1) is 7.31. The SMILES string of the molecule is CCC(N)c1nnc(-c2cccnc2)s1. The molecule has 1 atom stereocenters. The molecule has 0 amide bonds. The van der Waals surface area contributed by atoms with E-state index in [9.17, 15) is 0 Å². The Labute approximate surface area is 92.2 Å². The first-order valence-electron chi connectivity index (χ1n) is 4.80. The summed E-state index contributed by atoms with van der Waals surface area (Å²) in [5, 5.41) is 9.95. The Hall–Kier alpha value is -1.33. The maximum absolute atomic E-state index is 5.88. The Kier molecular flexibility index (Phi) is 3.03. The molecule has 0 aromatic carbocycles.